The van der Waals surface area contributed by atoms with Gasteiger partial charge in [-0.2, -0.15) is 0 Å². The number of pyridine rings is 1. The molecule has 1 rings (SSSR count). The van der Waals surface area contributed by atoms with Crippen LogP contribution in [0.15, 0.2) is 18.3 Å². The second-order valence-corrected chi connectivity index (χ2v) is 4.89. The fraction of sp³-hybridized carbons (Fsp3) is 0.455. The first-order valence-corrected chi connectivity index (χ1v) is 6.22. The molecule has 5 heteroatoms. The van der Waals surface area contributed by atoms with Crippen LogP contribution in [0.1, 0.15) is 16.8 Å². The van der Waals surface area contributed by atoms with E-state index in [0.717, 1.165) is 16.7 Å². The fourth-order valence-corrected chi connectivity index (χ4v) is 1.53. The first-order chi connectivity index (χ1) is 7.59. The predicted molar refractivity (Wildman–Crippen MR) is 72.5 cm³/mol. The molecule has 1 N–H and O–H groups in total. The maximum absolute atomic E-state index is 11.6. The molecule has 1 aromatic rings. The molecule has 0 radical (unpaired) electrons. The van der Waals surface area contributed by atoms with Crippen LogP contribution in [-0.4, -0.2) is 43.0 Å². The van der Waals surface area contributed by atoms with Crippen molar-refractivity contribution < 1.29 is 4.79 Å². The highest BCUT2D eigenvalue weighted by Crippen LogP contribution is 2.02. The molecule has 0 aliphatic heterocycles. The molecule has 1 heterocycles. The van der Waals surface area contributed by atoms with Crippen molar-refractivity contribution in [3.8, 4) is 0 Å². The van der Waals surface area contributed by atoms with Crippen molar-refractivity contribution >= 4 is 28.5 Å². The van der Waals surface area contributed by atoms with Crippen molar-refractivity contribution in [1.82, 2.24) is 15.2 Å². The number of hydrogen-bond acceptors (Lipinski definition) is 3. The Morgan fingerprint density at radius 3 is 2.81 bits per heavy atom. The van der Waals surface area contributed by atoms with Crippen molar-refractivity contribution in [1.29, 1.82) is 0 Å². The van der Waals surface area contributed by atoms with Gasteiger partial charge in [0.2, 0.25) is 0 Å². The highest BCUT2D eigenvalue weighted by Gasteiger charge is 2.04. The third kappa shape index (κ3) is 4.89. The number of nitrogens with zero attached hydrogens (tertiary/aromatic N) is 2. The molecular formula is C11H16IN3O. The van der Waals surface area contributed by atoms with Crippen molar-refractivity contribution in [2.24, 2.45) is 0 Å². The molecule has 4 nitrogen and oxygen atoms in total. The van der Waals surface area contributed by atoms with Crippen LogP contribution in [0, 0.1) is 3.70 Å². The minimum Gasteiger partial charge on any atom is -0.352 e. The van der Waals surface area contributed by atoms with Crippen molar-refractivity contribution in [2.45, 2.75) is 6.42 Å². The van der Waals surface area contributed by atoms with Gasteiger partial charge in [0, 0.05) is 12.7 Å². The average molecular weight is 330 g/mol. The van der Waals surface area contributed by atoms with Gasteiger partial charge in [-0.25, -0.2) is 4.98 Å². The maximum Gasteiger partial charge on any atom is 0.252 e. The van der Waals surface area contributed by atoms with Crippen molar-refractivity contribution in [2.75, 3.05) is 27.2 Å². The number of halogens is 1. The van der Waals surface area contributed by atoms with Gasteiger partial charge in [-0.15, -0.1) is 0 Å². The number of aromatic nitrogens is 1. The van der Waals surface area contributed by atoms with E-state index < -0.39 is 0 Å². The second-order valence-electron chi connectivity index (χ2n) is 3.78. The Morgan fingerprint density at radius 2 is 2.25 bits per heavy atom. The third-order valence-corrected chi connectivity index (χ3v) is 2.70. The Hall–Kier alpha value is -0.690. The summed E-state index contributed by atoms with van der Waals surface area (Å²) in [5.74, 6) is -0.0531. The summed E-state index contributed by atoms with van der Waals surface area (Å²) in [6, 6.07) is 3.62. The van der Waals surface area contributed by atoms with Gasteiger partial charge in [0.1, 0.15) is 3.70 Å². The fourth-order valence-electron chi connectivity index (χ4n) is 1.21. The monoisotopic (exact) mass is 330 g/mol. The van der Waals surface area contributed by atoms with E-state index in [-0.39, 0.29) is 5.91 Å². The minimum absolute atomic E-state index is 0.0531. The average Bonchev–Trinajstić information content (AvgIpc) is 2.25. The molecule has 0 aliphatic rings. The summed E-state index contributed by atoms with van der Waals surface area (Å²) in [6.45, 7) is 1.67. The predicted octanol–water partition coefficient (Wildman–Crippen LogP) is 1.37. The molecule has 0 aliphatic carbocycles. The molecule has 16 heavy (non-hydrogen) atoms. The third-order valence-electron chi connectivity index (χ3n) is 2.06. The highest BCUT2D eigenvalue weighted by atomic mass is 124. The van der Waals surface area contributed by atoms with Gasteiger partial charge in [-0.3, -0.25) is 4.79 Å². The van der Waals surface area contributed by atoms with E-state index >= 15 is 0 Å². The SMILES string of the molecule is CN(C)CCCNC(=O)c1ccc([124I])nc1. The van der Waals surface area contributed by atoms with E-state index in [1.807, 2.05) is 20.2 Å². The molecule has 88 valence electrons. The number of amides is 1. The van der Waals surface area contributed by atoms with E-state index in [1.165, 1.54) is 0 Å². The maximum atomic E-state index is 11.6. The van der Waals surface area contributed by atoms with Gasteiger partial charge < -0.3 is 10.2 Å². The van der Waals surface area contributed by atoms with E-state index in [2.05, 4.69) is 37.8 Å². The van der Waals surface area contributed by atoms with Gasteiger partial charge in [-0.1, -0.05) is 0 Å². The van der Waals surface area contributed by atoms with Gasteiger partial charge in [0.15, 0.2) is 0 Å². The van der Waals surface area contributed by atoms with Crippen LogP contribution in [0.5, 0.6) is 0 Å². The van der Waals surface area contributed by atoms with E-state index in [1.54, 1.807) is 12.3 Å². The van der Waals surface area contributed by atoms with Gasteiger partial charge in [-0.05, 0) is 61.8 Å². The molecular weight excluding hydrogens is 314 g/mol. The Morgan fingerprint density at radius 1 is 1.50 bits per heavy atom. The van der Waals surface area contributed by atoms with Gasteiger partial charge >= 0.3 is 0 Å². The molecule has 0 fully saturated rings. The molecule has 0 saturated carbocycles. The smallest absolute Gasteiger partial charge is 0.252 e. The summed E-state index contributed by atoms with van der Waals surface area (Å²) in [5, 5.41) is 2.87. The van der Waals surface area contributed by atoms with Crippen molar-refractivity contribution in [3.05, 3.63) is 27.6 Å². The van der Waals surface area contributed by atoms with Crippen LogP contribution >= 0.6 is 22.6 Å². The first-order valence-electron chi connectivity index (χ1n) is 5.14. The summed E-state index contributed by atoms with van der Waals surface area (Å²) < 4.78 is 0.891. The quantitative estimate of drug-likeness (QED) is 0.504. The Bertz CT molecular complexity index is 338. The largest absolute Gasteiger partial charge is 0.352 e. The number of rotatable bonds is 5. The molecule has 0 atom stereocenters. The number of hydrogen-bond donors (Lipinski definition) is 1. The number of carbonyl (C=O) groups excluding carboxylic acids is 1. The van der Waals surface area contributed by atoms with Crippen LogP contribution in [0.25, 0.3) is 0 Å². The molecule has 1 aromatic heterocycles. The lowest BCUT2D eigenvalue weighted by atomic mass is 10.2. The topological polar surface area (TPSA) is 45.2 Å². The summed E-state index contributed by atoms with van der Waals surface area (Å²) in [6.07, 6.45) is 2.56. The summed E-state index contributed by atoms with van der Waals surface area (Å²) in [5.41, 5.74) is 0.616. The molecule has 1 amide bonds. The van der Waals surface area contributed by atoms with Crippen LogP contribution in [-0.2, 0) is 0 Å². The lowest BCUT2D eigenvalue weighted by molar-refractivity contribution is 0.0952. The van der Waals surface area contributed by atoms with E-state index in [0.29, 0.717) is 12.1 Å². The zero-order chi connectivity index (χ0) is 12.0. The van der Waals surface area contributed by atoms with Crippen LogP contribution in [0.3, 0.4) is 0 Å². The molecule has 0 aromatic carbocycles. The second kappa shape index (κ2) is 6.80. The molecule has 0 unspecified atom stereocenters. The first kappa shape index (κ1) is 13.4. The zero-order valence-electron chi connectivity index (χ0n) is 9.53. The highest BCUT2D eigenvalue weighted by molar-refractivity contribution is 14.1. The zero-order valence-corrected chi connectivity index (χ0v) is 11.7. The van der Waals surface area contributed by atoms with Crippen LogP contribution in [0.2, 0.25) is 0 Å². The van der Waals surface area contributed by atoms with E-state index in [4.69, 9.17) is 0 Å². The normalized spacial score (nSPS) is 10.5. The van der Waals surface area contributed by atoms with E-state index in [9.17, 15) is 4.79 Å². The van der Waals surface area contributed by atoms with Crippen LogP contribution < -0.4 is 5.32 Å². The van der Waals surface area contributed by atoms with Gasteiger partial charge in [0.25, 0.3) is 5.91 Å². The molecule has 0 bridgehead atoms. The Balaban J connectivity index is 2.32. The number of carbonyl (C=O) groups is 1. The molecule has 0 spiro atoms. The minimum atomic E-state index is -0.0531. The lowest BCUT2D eigenvalue weighted by Crippen LogP contribution is -2.27. The Kier molecular flexibility index (Phi) is 5.68. The molecule has 0 saturated heterocycles. The summed E-state index contributed by atoms with van der Waals surface area (Å²) >= 11 is 2.11. The Labute approximate surface area is 110 Å². The summed E-state index contributed by atoms with van der Waals surface area (Å²) in [7, 11) is 4.04. The summed E-state index contributed by atoms with van der Waals surface area (Å²) in [4.78, 5) is 17.8. The van der Waals surface area contributed by atoms with Gasteiger partial charge in [0.05, 0.1) is 5.56 Å². The van der Waals surface area contributed by atoms with Crippen LogP contribution in [0.4, 0.5) is 0 Å². The standard InChI is InChI=1S/C11H16IN3O/c1-15(2)7-3-6-13-11(16)9-4-5-10(12)14-8-9/h4-5,8H,3,6-7H2,1-2H3,(H,13,16)/i12-3. The lowest BCUT2D eigenvalue weighted by Gasteiger charge is -2.09. The number of nitrogens with one attached hydrogen (secondary N) is 1. The van der Waals surface area contributed by atoms with Crippen molar-refractivity contribution in [3.63, 3.8) is 0 Å².